The van der Waals surface area contributed by atoms with E-state index < -0.39 is 0 Å². The lowest BCUT2D eigenvalue weighted by atomic mass is 9.85. The first-order valence-corrected chi connectivity index (χ1v) is 8.32. The predicted octanol–water partition coefficient (Wildman–Crippen LogP) is 3.48. The van der Waals surface area contributed by atoms with Crippen LogP contribution in [0.3, 0.4) is 0 Å². The van der Waals surface area contributed by atoms with E-state index in [1.807, 2.05) is 13.1 Å². The van der Waals surface area contributed by atoms with Gasteiger partial charge in [0.05, 0.1) is 12.2 Å². The Hall–Kier alpha value is -1.07. The molecule has 0 aliphatic heterocycles. The number of nitrogens with one attached hydrogen (secondary N) is 1. The fourth-order valence-corrected chi connectivity index (χ4v) is 3.61. The van der Waals surface area contributed by atoms with Crippen molar-refractivity contribution in [1.82, 2.24) is 4.90 Å². The molecule has 0 radical (unpaired) electrons. The number of rotatable bonds is 4. The molecule has 0 spiro atoms. The van der Waals surface area contributed by atoms with Crippen LogP contribution in [0.25, 0.3) is 0 Å². The van der Waals surface area contributed by atoms with Crippen molar-refractivity contribution in [2.45, 2.75) is 38.6 Å². The molecule has 1 amide bonds. The number of nitrogen functional groups attached to an aromatic ring is 1. The maximum atomic E-state index is 12.2. The summed E-state index contributed by atoms with van der Waals surface area (Å²) in [5.41, 5.74) is 7.14. The highest BCUT2D eigenvalue weighted by Crippen LogP contribution is 2.28. The van der Waals surface area contributed by atoms with E-state index in [2.05, 4.69) is 33.1 Å². The molecule has 0 saturated heterocycles. The molecule has 1 aliphatic rings. The first kappa shape index (κ1) is 16.3. The van der Waals surface area contributed by atoms with Crippen molar-refractivity contribution in [3.05, 3.63) is 22.7 Å². The zero-order valence-corrected chi connectivity index (χ0v) is 14.3. The highest BCUT2D eigenvalue weighted by molar-refractivity contribution is 9.10. The number of likely N-dealkylation sites (N-methyl/N-ethyl adjacent to an activating group) is 1. The maximum absolute atomic E-state index is 12.2. The fraction of sp³-hybridized carbons (Fsp3) is 0.562. The van der Waals surface area contributed by atoms with Crippen molar-refractivity contribution in [1.29, 1.82) is 0 Å². The average Bonchev–Trinajstić information content (AvgIpc) is 2.42. The molecule has 0 heterocycles. The Morgan fingerprint density at radius 2 is 2.14 bits per heavy atom. The van der Waals surface area contributed by atoms with Crippen LogP contribution in [0.5, 0.6) is 0 Å². The lowest BCUT2D eigenvalue weighted by Crippen LogP contribution is -2.42. The molecule has 4 nitrogen and oxygen atoms in total. The first-order chi connectivity index (χ1) is 9.97. The summed E-state index contributed by atoms with van der Waals surface area (Å²) in [6.07, 6.45) is 5.04. The number of carbonyl (C=O) groups is 1. The first-order valence-electron chi connectivity index (χ1n) is 7.52. The predicted molar refractivity (Wildman–Crippen MR) is 91.2 cm³/mol. The molecule has 1 aromatic carbocycles. The van der Waals surface area contributed by atoms with E-state index in [0.717, 1.165) is 10.2 Å². The SMILES string of the molecule is CC1CCCCC1N(C)CC(=O)Nc1ccc(N)cc1Br. The molecule has 1 saturated carbocycles. The topological polar surface area (TPSA) is 58.4 Å². The summed E-state index contributed by atoms with van der Waals surface area (Å²) < 4.78 is 0.810. The zero-order valence-electron chi connectivity index (χ0n) is 12.7. The number of anilines is 2. The molecule has 21 heavy (non-hydrogen) atoms. The van der Waals surface area contributed by atoms with Gasteiger partial charge in [-0.2, -0.15) is 0 Å². The summed E-state index contributed by atoms with van der Waals surface area (Å²) in [5.74, 6) is 0.681. The number of nitrogens with two attached hydrogens (primary N) is 1. The third kappa shape index (κ3) is 4.45. The van der Waals surface area contributed by atoms with Crippen molar-refractivity contribution < 1.29 is 4.79 Å². The quantitative estimate of drug-likeness (QED) is 0.814. The summed E-state index contributed by atoms with van der Waals surface area (Å²) >= 11 is 3.42. The second-order valence-electron chi connectivity index (χ2n) is 6.03. The van der Waals surface area contributed by atoms with Gasteiger partial charge < -0.3 is 11.1 Å². The van der Waals surface area contributed by atoms with Gasteiger partial charge in [-0.05, 0) is 59.9 Å². The largest absolute Gasteiger partial charge is 0.399 e. The van der Waals surface area contributed by atoms with E-state index in [9.17, 15) is 4.79 Å². The summed E-state index contributed by atoms with van der Waals surface area (Å²) in [5, 5.41) is 2.94. The molecule has 3 N–H and O–H groups in total. The zero-order chi connectivity index (χ0) is 15.4. The molecule has 1 fully saturated rings. The van der Waals surface area contributed by atoms with Gasteiger partial charge in [0, 0.05) is 16.2 Å². The van der Waals surface area contributed by atoms with E-state index in [0.29, 0.717) is 24.2 Å². The Morgan fingerprint density at radius 3 is 2.81 bits per heavy atom. The second-order valence-corrected chi connectivity index (χ2v) is 6.89. The second kappa shape index (κ2) is 7.27. The minimum Gasteiger partial charge on any atom is -0.399 e. The summed E-state index contributed by atoms with van der Waals surface area (Å²) in [4.78, 5) is 14.4. The Bertz CT molecular complexity index is 506. The molecule has 5 heteroatoms. The van der Waals surface area contributed by atoms with E-state index in [4.69, 9.17) is 5.73 Å². The molecule has 1 aliphatic carbocycles. The van der Waals surface area contributed by atoms with Crippen LogP contribution < -0.4 is 11.1 Å². The molecule has 2 rings (SSSR count). The molecular weight excluding hydrogens is 330 g/mol. The lowest BCUT2D eigenvalue weighted by Gasteiger charge is -2.35. The Balaban J connectivity index is 1.91. The standard InChI is InChI=1S/C16H24BrN3O/c1-11-5-3-4-6-15(11)20(2)10-16(21)19-14-8-7-12(18)9-13(14)17/h7-9,11,15H,3-6,10,18H2,1-2H3,(H,19,21). The summed E-state index contributed by atoms with van der Waals surface area (Å²) in [7, 11) is 2.05. The molecule has 1 aromatic rings. The number of amides is 1. The highest BCUT2D eigenvalue weighted by Gasteiger charge is 2.26. The molecule has 2 atom stereocenters. The van der Waals surface area contributed by atoms with E-state index >= 15 is 0 Å². The van der Waals surface area contributed by atoms with Crippen LogP contribution >= 0.6 is 15.9 Å². The van der Waals surface area contributed by atoms with Crippen LogP contribution in [0.2, 0.25) is 0 Å². The third-order valence-corrected chi connectivity index (χ3v) is 4.95. The van der Waals surface area contributed by atoms with Crippen LogP contribution in [0.1, 0.15) is 32.6 Å². The molecule has 2 unspecified atom stereocenters. The minimum absolute atomic E-state index is 0.0146. The Kier molecular flexibility index (Phi) is 5.65. The number of carbonyl (C=O) groups excluding carboxylic acids is 1. The number of benzene rings is 1. The number of hydrogen-bond donors (Lipinski definition) is 2. The van der Waals surface area contributed by atoms with Crippen molar-refractivity contribution in [2.24, 2.45) is 5.92 Å². The van der Waals surface area contributed by atoms with Gasteiger partial charge in [-0.15, -0.1) is 0 Å². The number of halogens is 1. The van der Waals surface area contributed by atoms with Gasteiger partial charge in [-0.3, -0.25) is 9.69 Å². The summed E-state index contributed by atoms with van der Waals surface area (Å²) in [6.45, 7) is 2.71. The molecule has 0 aromatic heterocycles. The van der Waals surface area contributed by atoms with Gasteiger partial charge in [-0.1, -0.05) is 19.8 Å². The van der Waals surface area contributed by atoms with Gasteiger partial charge in [-0.25, -0.2) is 0 Å². The van der Waals surface area contributed by atoms with Crippen LogP contribution in [0.15, 0.2) is 22.7 Å². The van der Waals surface area contributed by atoms with Crippen molar-refractivity contribution in [3.8, 4) is 0 Å². The van der Waals surface area contributed by atoms with E-state index in [1.165, 1.54) is 25.7 Å². The van der Waals surface area contributed by atoms with Crippen molar-refractivity contribution in [3.63, 3.8) is 0 Å². The molecular formula is C16H24BrN3O. The molecule has 0 bridgehead atoms. The van der Waals surface area contributed by atoms with Crippen molar-refractivity contribution >= 4 is 33.2 Å². The monoisotopic (exact) mass is 353 g/mol. The van der Waals surface area contributed by atoms with Gasteiger partial charge in [0.25, 0.3) is 0 Å². The average molecular weight is 354 g/mol. The Labute approximate surface area is 135 Å². The van der Waals surface area contributed by atoms with Crippen LogP contribution in [-0.2, 0) is 4.79 Å². The van der Waals surface area contributed by atoms with E-state index in [1.54, 1.807) is 12.1 Å². The number of nitrogens with zero attached hydrogens (tertiary/aromatic N) is 1. The van der Waals surface area contributed by atoms with E-state index in [-0.39, 0.29) is 5.91 Å². The number of hydrogen-bond acceptors (Lipinski definition) is 3. The van der Waals surface area contributed by atoms with Gasteiger partial charge in [0.2, 0.25) is 5.91 Å². The van der Waals surface area contributed by atoms with Crippen molar-refractivity contribution in [2.75, 3.05) is 24.6 Å². The molecule has 116 valence electrons. The van der Waals surface area contributed by atoms with Crippen LogP contribution in [-0.4, -0.2) is 30.4 Å². The minimum atomic E-state index is 0.0146. The van der Waals surface area contributed by atoms with Crippen LogP contribution in [0, 0.1) is 5.92 Å². The third-order valence-electron chi connectivity index (χ3n) is 4.29. The normalized spacial score (nSPS) is 22.3. The fourth-order valence-electron chi connectivity index (χ4n) is 3.12. The highest BCUT2D eigenvalue weighted by atomic mass is 79.9. The lowest BCUT2D eigenvalue weighted by molar-refractivity contribution is -0.117. The maximum Gasteiger partial charge on any atom is 0.238 e. The van der Waals surface area contributed by atoms with Gasteiger partial charge in [0.15, 0.2) is 0 Å². The summed E-state index contributed by atoms with van der Waals surface area (Å²) in [6, 6.07) is 5.91. The smallest absolute Gasteiger partial charge is 0.238 e. The van der Waals surface area contributed by atoms with Gasteiger partial charge in [0.1, 0.15) is 0 Å². The Morgan fingerprint density at radius 1 is 1.43 bits per heavy atom. The van der Waals surface area contributed by atoms with Gasteiger partial charge >= 0.3 is 0 Å². The van der Waals surface area contributed by atoms with Crippen LogP contribution in [0.4, 0.5) is 11.4 Å².